The molecule has 2 N–H and O–H groups in total. The van der Waals surface area contributed by atoms with E-state index >= 15 is 0 Å². The summed E-state index contributed by atoms with van der Waals surface area (Å²) in [6, 6.07) is 7.59. The Morgan fingerprint density at radius 3 is 3.10 bits per heavy atom. The normalized spacial score (nSPS) is 12.4. The molecule has 0 aliphatic heterocycles. The second-order valence-corrected chi connectivity index (χ2v) is 5.48. The minimum Gasteiger partial charge on any atom is -0.361 e. The molecule has 0 radical (unpaired) electrons. The van der Waals surface area contributed by atoms with Gasteiger partial charge in [0.25, 0.3) is 5.91 Å². The van der Waals surface area contributed by atoms with Gasteiger partial charge in [0.2, 0.25) is 0 Å². The predicted molar refractivity (Wildman–Crippen MR) is 80.9 cm³/mol. The zero-order valence-electron chi connectivity index (χ0n) is 11.1. The number of nitrogens with one attached hydrogen (secondary N) is 2. The molecule has 0 fully saturated rings. The van der Waals surface area contributed by atoms with Crippen LogP contribution in [0.25, 0.3) is 10.9 Å². The Morgan fingerprint density at radius 1 is 1.45 bits per heavy atom. The number of nitrogens with zero attached hydrogens (tertiary/aromatic N) is 1. The van der Waals surface area contributed by atoms with Gasteiger partial charge in [-0.3, -0.25) is 4.79 Å². The van der Waals surface area contributed by atoms with Crippen molar-refractivity contribution in [2.75, 3.05) is 0 Å². The summed E-state index contributed by atoms with van der Waals surface area (Å²) < 4.78 is 0. The molecule has 5 heteroatoms. The maximum Gasteiger partial charge on any atom is 0.252 e. The van der Waals surface area contributed by atoms with Gasteiger partial charge in [-0.15, -0.1) is 11.3 Å². The van der Waals surface area contributed by atoms with Gasteiger partial charge in [-0.25, -0.2) is 4.98 Å². The first-order chi connectivity index (χ1) is 9.79. The zero-order chi connectivity index (χ0) is 13.9. The minimum absolute atomic E-state index is 0.0308. The van der Waals surface area contributed by atoms with Crippen LogP contribution < -0.4 is 5.32 Å². The van der Waals surface area contributed by atoms with Crippen LogP contribution in [0.1, 0.15) is 34.8 Å². The monoisotopic (exact) mass is 285 g/mol. The first-order valence-electron chi connectivity index (χ1n) is 6.56. The van der Waals surface area contributed by atoms with Gasteiger partial charge in [-0.05, 0) is 24.6 Å². The van der Waals surface area contributed by atoms with E-state index in [9.17, 15) is 4.79 Å². The number of benzene rings is 1. The molecule has 3 rings (SSSR count). The average molecular weight is 285 g/mol. The van der Waals surface area contributed by atoms with Gasteiger partial charge in [0.15, 0.2) is 0 Å². The molecule has 1 atom stereocenters. The van der Waals surface area contributed by atoms with E-state index in [0.29, 0.717) is 5.56 Å². The van der Waals surface area contributed by atoms with Crippen LogP contribution in [0.3, 0.4) is 0 Å². The lowest BCUT2D eigenvalue weighted by atomic mass is 10.1. The number of aromatic nitrogens is 2. The number of fused-ring (bicyclic) bond motifs is 1. The summed E-state index contributed by atoms with van der Waals surface area (Å²) in [6.07, 6.45) is 4.43. The fraction of sp³-hybridized carbons (Fsp3) is 0.200. The van der Waals surface area contributed by atoms with Crippen molar-refractivity contribution in [2.24, 2.45) is 0 Å². The molecule has 1 unspecified atom stereocenters. The molecule has 2 aromatic heterocycles. The number of rotatable bonds is 4. The molecule has 2 heterocycles. The molecule has 0 saturated carbocycles. The van der Waals surface area contributed by atoms with Crippen molar-refractivity contribution < 1.29 is 4.79 Å². The summed E-state index contributed by atoms with van der Waals surface area (Å²) in [5, 5.41) is 6.88. The van der Waals surface area contributed by atoms with Crippen molar-refractivity contribution in [3.63, 3.8) is 0 Å². The van der Waals surface area contributed by atoms with Crippen LogP contribution in [0.5, 0.6) is 0 Å². The molecule has 1 aromatic carbocycles. The molecule has 4 nitrogen and oxygen atoms in total. The second-order valence-electron chi connectivity index (χ2n) is 4.55. The van der Waals surface area contributed by atoms with E-state index in [0.717, 1.165) is 22.3 Å². The van der Waals surface area contributed by atoms with Crippen molar-refractivity contribution in [3.05, 3.63) is 52.6 Å². The lowest BCUT2D eigenvalue weighted by Gasteiger charge is -2.14. The summed E-state index contributed by atoms with van der Waals surface area (Å²) in [4.78, 5) is 19.9. The van der Waals surface area contributed by atoms with E-state index in [4.69, 9.17) is 0 Å². The van der Waals surface area contributed by atoms with Gasteiger partial charge in [0.1, 0.15) is 5.01 Å². The van der Waals surface area contributed by atoms with Crippen molar-refractivity contribution in [3.8, 4) is 0 Å². The van der Waals surface area contributed by atoms with Crippen molar-refractivity contribution in [1.29, 1.82) is 0 Å². The fourth-order valence-electron chi connectivity index (χ4n) is 2.26. The second kappa shape index (κ2) is 5.46. The Balaban J connectivity index is 1.87. The number of carbonyl (C=O) groups is 1. The van der Waals surface area contributed by atoms with Crippen LogP contribution in [0.4, 0.5) is 0 Å². The van der Waals surface area contributed by atoms with Crippen molar-refractivity contribution in [2.45, 2.75) is 19.4 Å². The van der Waals surface area contributed by atoms with E-state index in [1.165, 1.54) is 0 Å². The van der Waals surface area contributed by atoms with Gasteiger partial charge < -0.3 is 10.3 Å². The SMILES string of the molecule is CCC(NC(=O)c1cccc2[nH]ccc12)c1nccs1. The Hall–Kier alpha value is -2.14. The third-order valence-electron chi connectivity index (χ3n) is 3.30. The van der Waals surface area contributed by atoms with Gasteiger partial charge in [-0.1, -0.05) is 13.0 Å². The molecule has 0 spiro atoms. The summed E-state index contributed by atoms with van der Waals surface area (Å²) in [6.45, 7) is 2.04. The van der Waals surface area contributed by atoms with Crippen LogP contribution in [0, 0.1) is 0 Å². The van der Waals surface area contributed by atoms with Crippen LogP contribution in [-0.4, -0.2) is 15.9 Å². The Morgan fingerprint density at radius 2 is 2.35 bits per heavy atom. The van der Waals surface area contributed by atoms with Crippen molar-refractivity contribution >= 4 is 28.1 Å². The molecule has 102 valence electrons. The number of H-pyrrole nitrogens is 1. The topological polar surface area (TPSA) is 57.8 Å². The highest BCUT2D eigenvalue weighted by atomic mass is 32.1. The number of thiazole rings is 1. The first kappa shape index (κ1) is 12.9. The van der Waals surface area contributed by atoms with Crippen molar-refractivity contribution in [1.82, 2.24) is 15.3 Å². The molecule has 1 amide bonds. The lowest BCUT2D eigenvalue weighted by molar-refractivity contribution is 0.0937. The molecule has 20 heavy (non-hydrogen) atoms. The quantitative estimate of drug-likeness (QED) is 0.770. The number of carbonyl (C=O) groups excluding carboxylic acids is 1. The summed E-state index contributed by atoms with van der Waals surface area (Å²) in [5.74, 6) is -0.0581. The Bertz CT molecular complexity index is 718. The van der Waals surface area contributed by atoms with E-state index in [1.54, 1.807) is 17.5 Å². The summed E-state index contributed by atoms with van der Waals surface area (Å²) in [7, 11) is 0. The van der Waals surface area contributed by atoms with E-state index in [1.807, 2.05) is 42.8 Å². The molecular weight excluding hydrogens is 270 g/mol. The highest BCUT2D eigenvalue weighted by Gasteiger charge is 2.17. The van der Waals surface area contributed by atoms with Gasteiger partial charge in [-0.2, -0.15) is 0 Å². The number of aromatic amines is 1. The third-order valence-corrected chi connectivity index (χ3v) is 4.19. The maximum atomic E-state index is 12.5. The average Bonchev–Trinajstić information content (AvgIpc) is 3.14. The summed E-state index contributed by atoms with van der Waals surface area (Å²) >= 11 is 1.57. The van der Waals surface area contributed by atoms with Crippen LogP contribution in [0.2, 0.25) is 0 Å². The largest absolute Gasteiger partial charge is 0.361 e. The Labute approximate surface area is 120 Å². The molecule has 0 aliphatic carbocycles. The molecule has 0 aliphatic rings. The standard InChI is InChI=1S/C15H15N3OS/c1-2-12(15-17-8-9-20-15)18-14(19)11-4-3-5-13-10(11)6-7-16-13/h3-9,12,16H,2H2,1H3,(H,18,19). The number of amides is 1. The zero-order valence-corrected chi connectivity index (χ0v) is 11.9. The van der Waals surface area contributed by atoms with Gasteiger partial charge in [0, 0.05) is 34.2 Å². The van der Waals surface area contributed by atoms with Crippen LogP contribution in [0.15, 0.2) is 42.0 Å². The van der Waals surface area contributed by atoms with Gasteiger partial charge >= 0.3 is 0 Å². The van der Waals surface area contributed by atoms with Crippen LogP contribution in [-0.2, 0) is 0 Å². The maximum absolute atomic E-state index is 12.5. The van der Waals surface area contributed by atoms with E-state index in [2.05, 4.69) is 15.3 Å². The molecule has 0 bridgehead atoms. The lowest BCUT2D eigenvalue weighted by Crippen LogP contribution is -2.28. The van der Waals surface area contributed by atoms with E-state index in [-0.39, 0.29) is 11.9 Å². The van der Waals surface area contributed by atoms with E-state index < -0.39 is 0 Å². The van der Waals surface area contributed by atoms with Crippen LogP contribution >= 0.6 is 11.3 Å². The fourth-order valence-corrected chi connectivity index (χ4v) is 3.04. The molecular formula is C15H15N3OS. The minimum atomic E-state index is -0.0581. The smallest absolute Gasteiger partial charge is 0.252 e. The Kier molecular flexibility index (Phi) is 3.52. The summed E-state index contributed by atoms with van der Waals surface area (Å²) in [5.41, 5.74) is 1.67. The van der Waals surface area contributed by atoms with Gasteiger partial charge in [0.05, 0.1) is 6.04 Å². The first-order valence-corrected chi connectivity index (χ1v) is 7.44. The predicted octanol–water partition coefficient (Wildman–Crippen LogP) is 3.51. The number of hydrogen-bond donors (Lipinski definition) is 2. The third kappa shape index (κ3) is 2.32. The number of hydrogen-bond acceptors (Lipinski definition) is 3. The molecule has 3 aromatic rings. The molecule has 0 saturated heterocycles. The highest BCUT2D eigenvalue weighted by Crippen LogP contribution is 2.21. The highest BCUT2D eigenvalue weighted by molar-refractivity contribution is 7.09.